The van der Waals surface area contributed by atoms with Crippen molar-refractivity contribution in [2.45, 2.75) is 52.5 Å². The smallest absolute Gasteiger partial charge is 0.251 e. The van der Waals surface area contributed by atoms with Crippen LogP contribution >= 0.6 is 0 Å². The highest BCUT2D eigenvalue weighted by Gasteiger charge is 2.12. The lowest BCUT2D eigenvalue weighted by Gasteiger charge is -2.11. The van der Waals surface area contributed by atoms with Gasteiger partial charge in [-0.2, -0.15) is 0 Å². The third-order valence-electron chi connectivity index (χ3n) is 4.84. The number of carbonyl (C=O) groups is 1. The summed E-state index contributed by atoms with van der Waals surface area (Å²) in [6.07, 6.45) is 2.89. The first-order valence-electron chi connectivity index (χ1n) is 10.4. The lowest BCUT2D eigenvalue weighted by atomic mass is 9.99. The lowest BCUT2D eigenvalue weighted by Crippen LogP contribution is -2.38. The molecule has 0 radical (unpaired) electrons. The van der Waals surface area contributed by atoms with Crippen molar-refractivity contribution >= 4 is 11.9 Å². The fourth-order valence-electron chi connectivity index (χ4n) is 3.14. The number of aromatic nitrogens is 1. The quantitative estimate of drug-likeness (QED) is 0.421. The number of aliphatic imine (C=N–C) groups is 1. The van der Waals surface area contributed by atoms with Crippen LogP contribution in [0.2, 0.25) is 0 Å². The number of hydrogen-bond donors (Lipinski definition) is 3. The fraction of sp³-hybridized carbons (Fsp3) is 0.500. The van der Waals surface area contributed by atoms with E-state index in [1.54, 1.807) is 7.05 Å². The molecule has 0 atom stereocenters. The molecular formula is C22H33N5O2. The summed E-state index contributed by atoms with van der Waals surface area (Å²) < 4.78 is 5.45. The Morgan fingerprint density at radius 1 is 1.17 bits per heavy atom. The Hall–Kier alpha value is -2.83. The van der Waals surface area contributed by atoms with E-state index in [2.05, 4.69) is 39.9 Å². The fourth-order valence-corrected chi connectivity index (χ4v) is 3.14. The number of nitrogens with zero attached hydrogens (tertiary/aromatic N) is 2. The molecule has 0 aliphatic heterocycles. The highest BCUT2D eigenvalue weighted by atomic mass is 16.5. The summed E-state index contributed by atoms with van der Waals surface area (Å²) in [5, 5.41) is 13.4. The zero-order chi connectivity index (χ0) is 21.1. The van der Waals surface area contributed by atoms with E-state index in [9.17, 15) is 4.79 Å². The topological polar surface area (TPSA) is 91.6 Å². The predicted molar refractivity (Wildman–Crippen MR) is 116 cm³/mol. The number of guanidine groups is 1. The molecule has 1 aromatic carbocycles. The van der Waals surface area contributed by atoms with E-state index in [4.69, 9.17) is 4.52 Å². The summed E-state index contributed by atoms with van der Waals surface area (Å²) >= 11 is 0. The van der Waals surface area contributed by atoms with E-state index in [0.29, 0.717) is 24.6 Å². The number of benzene rings is 1. The predicted octanol–water partition coefficient (Wildman–Crippen LogP) is 3.24. The van der Waals surface area contributed by atoms with Crippen LogP contribution in [-0.2, 0) is 13.0 Å². The second-order valence-electron chi connectivity index (χ2n) is 6.88. The van der Waals surface area contributed by atoms with Gasteiger partial charge in [0.15, 0.2) is 11.7 Å². The molecule has 29 heavy (non-hydrogen) atoms. The Morgan fingerprint density at radius 3 is 2.66 bits per heavy atom. The SMILES string of the molecule is CCNC(=NCc1cc(C(CC)CC)no1)NCCc1cccc(C(=O)NC)c1. The summed E-state index contributed by atoms with van der Waals surface area (Å²) in [4.78, 5) is 16.4. The summed E-state index contributed by atoms with van der Waals surface area (Å²) in [5.74, 6) is 1.86. The molecule has 0 aliphatic carbocycles. The van der Waals surface area contributed by atoms with Gasteiger partial charge in [-0.3, -0.25) is 4.79 Å². The molecule has 1 heterocycles. The van der Waals surface area contributed by atoms with Crippen molar-refractivity contribution in [2.24, 2.45) is 4.99 Å². The van der Waals surface area contributed by atoms with Crippen molar-refractivity contribution in [2.75, 3.05) is 20.1 Å². The summed E-state index contributed by atoms with van der Waals surface area (Å²) in [7, 11) is 1.64. The van der Waals surface area contributed by atoms with Gasteiger partial charge in [-0.05, 0) is 43.9 Å². The van der Waals surface area contributed by atoms with Gasteiger partial charge in [0, 0.05) is 37.7 Å². The van der Waals surface area contributed by atoms with Gasteiger partial charge in [-0.1, -0.05) is 31.1 Å². The van der Waals surface area contributed by atoms with Gasteiger partial charge in [0.05, 0.1) is 5.69 Å². The van der Waals surface area contributed by atoms with E-state index in [-0.39, 0.29) is 5.91 Å². The molecule has 0 aliphatic rings. The molecule has 0 saturated carbocycles. The molecule has 7 heteroatoms. The maximum absolute atomic E-state index is 11.8. The van der Waals surface area contributed by atoms with E-state index < -0.39 is 0 Å². The van der Waals surface area contributed by atoms with Crippen molar-refractivity contribution in [3.8, 4) is 0 Å². The van der Waals surface area contributed by atoms with E-state index in [0.717, 1.165) is 48.8 Å². The largest absolute Gasteiger partial charge is 0.359 e. The number of hydrogen-bond acceptors (Lipinski definition) is 4. The maximum Gasteiger partial charge on any atom is 0.251 e. The average Bonchev–Trinajstić information content (AvgIpc) is 3.21. The Kier molecular flexibility index (Phi) is 9.21. The van der Waals surface area contributed by atoms with Crippen LogP contribution < -0.4 is 16.0 Å². The number of rotatable bonds is 10. The zero-order valence-corrected chi connectivity index (χ0v) is 17.9. The highest BCUT2D eigenvalue weighted by molar-refractivity contribution is 5.94. The molecule has 0 bridgehead atoms. The lowest BCUT2D eigenvalue weighted by molar-refractivity contribution is 0.0963. The minimum atomic E-state index is -0.0745. The minimum absolute atomic E-state index is 0.0745. The highest BCUT2D eigenvalue weighted by Crippen LogP contribution is 2.22. The van der Waals surface area contributed by atoms with E-state index in [1.165, 1.54) is 0 Å². The standard InChI is InChI=1S/C22H33N5O2/c1-5-17(6-2)20-14-19(29-27-20)15-26-22(24-7-3)25-12-11-16-9-8-10-18(13-16)21(28)23-4/h8-10,13-14,17H,5-7,11-12,15H2,1-4H3,(H,23,28)(H2,24,25,26). The van der Waals surface area contributed by atoms with Crippen LogP contribution in [0.3, 0.4) is 0 Å². The Balaban J connectivity index is 1.92. The number of amides is 1. The minimum Gasteiger partial charge on any atom is -0.359 e. The van der Waals surface area contributed by atoms with Crippen molar-refractivity contribution < 1.29 is 9.32 Å². The van der Waals surface area contributed by atoms with Gasteiger partial charge in [0.1, 0.15) is 6.54 Å². The first-order chi connectivity index (χ1) is 14.1. The van der Waals surface area contributed by atoms with Gasteiger partial charge in [-0.25, -0.2) is 4.99 Å². The van der Waals surface area contributed by atoms with Crippen molar-refractivity contribution in [1.82, 2.24) is 21.1 Å². The van der Waals surface area contributed by atoms with Crippen LogP contribution in [0.25, 0.3) is 0 Å². The third kappa shape index (κ3) is 6.93. The van der Waals surface area contributed by atoms with Gasteiger partial charge in [0.2, 0.25) is 0 Å². The number of carbonyl (C=O) groups excluding carboxylic acids is 1. The molecular weight excluding hydrogens is 366 g/mol. The molecule has 0 fully saturated rings. The molecule has 0 saturated heterocycles. The monoisotopic (exact) mass is 399 g/mol. The molecule has 2 rings (SSSR count). The molecule has 1 amide bonds. The van der Waals surface area contributed by atoms with E-state index >= 15 is 0 Å². The van der Waals surface area contributed by atoms with Gasteiger partial charge in [0.25, 0.3) is 5.91 Å². The Bertz CT molecular complexity index is 796. The van der Waals surface area contributed by atoms with Crippen LogP contribution in [0.1, 0.15) is 66.9 Å². The first-order valence-corrected chi connectivity index (χ1v) is 10.4. The van der Waals surface area contributed by atoms with Crippen LogP contribution in [0, 0.1) is 0 Å². The summed E-state index contributed by atoms with van der Waals surface area (Å²) in [6, 6.07) is 9.66. The Labute approximate surface area is 173 Å². The van der Waals surface area contributed by atoms with E-state index in [1.807, 2.05) is 37.3 Å². The number of nitrogens with one attached hydrogen (secondary N) is 3. The molecule has 0 spiro atoms. The van der Waals surface area contributed by atoms with Gasteiger partial charge < -0.3 is 20.5 Å². The Morgan fingerprint density at radius 2 is 1.97 bits per heavy atom. The second-order valence-corrected chi connectivity index (χ2v) is 6.88. The maximum atomic E-state index is 11.8. The van der Waals surface area contributed by atoms with Crippen molar-refractivity contribution in [3.05, 3.63) is 52.9 Å². The molecule has 3 N–H and O–H groups in total. The van der Waals surface area contributed by atoms with Crippen LogP contribution in [-0.4, -0.2) is 37.2 Å². The molecule has 7 nitrogen and oxygen atoms in total. The summed E-state index contributed by atoms with van der Waals surface area (Å²) in [5.41, 5.74) is 2.78. The molecule has 2 aromatic rings. The van der Waals surface area contributed by atoms with Crippen LogP contribution in [0.5, 0.6) is 0 Å². The summed E-state index contributed by atoms with van der Waals surface area (Å²) in [6.45, 7) is 8.28. The van der Waals surface area contributed by atoms with Crippen LogP contribution in [0.15, 0.2) is 39.8 Å². The molecule has 158 valence electrons. The normalized spacial score (nSPS) is 11.6. The van der Waals surface area contributed by atoms with Gasteiger partial charge in [-0.15, -0.1) is 0 Å². The second kappa shape index (κ2) is 11.9. The van der Waals surface area contributed by atoms with Crippen molar-refractivity contribution in [1.29, 1.82) is 0 Å². The van der Waals surface area contributed by atoms with Gasteiger partial charge >= 0.3 is 0 Å². The average molecular weight is 400 g/mol. The molecule has 0 unspecified atom stereocenters. The van der Waals surface area contributed by atoms with Crippen LogP contribution in [0.4, 0.5) is 0 Å². The molecule has 1 aromatic heterocycles. The first kappa shape index (κ1) is 22.5. The zero-order valence-electron chi connectivity index (χ0n) is 17.9. The third-order valence-corrected chi connectivity index (χ3v) is 4.84. The van der Waals surface area contributed by atoms with Crippen molar-refractivity contribution in [3.63, 3.8) is 0 Å².